The molecule has 2 aliphatic heterocycles. The number of amides is 1. The first-order chi connectivity index (χ1) is 16.0. The molecule has 1 aromatic carbocycles. The fourth-order valence-corrected chi connectivity index (χ4v) is 4.92. The number of anilines is 2. The van der Waals surface area contributed by atoms with Crippen LogP contribution in [0.2, 0.25) is 0 Å². The summed E-state index contributed by atoms with van der Waals surface area (Å²) in [5, 5.41) is 3.28. The van der Waals surface area contributed by atoms with Crippen molar-refractivity contribution < 1.29 is 4.79 Å². The zero-order valence-corrected chi connectivity index (χ0v) is 20.3. The summed E-state index contributed by atoms with van der Waals surface area (Å²) in [6.45, 7) is 6.98. The highest BCUT2D eigenvalue weighted by molar-refractivity contribution is 5.76. The Kier molecular flexibility index (Phi) is 7.81. The van der Waals surface area contributed by atoms with Crippen LogP contribution in [0.1, 0.15) is 43.4 Å². The average Bonchev–Trinajstić information content (AvgIpc) is 3.24. The smallest absolute Gasteiger partial charge is 0.226 e. The second-order valence-corrected chi connectivity index (χ2v) is 9.80. The summed E-state index contributed by atoms with van der Waals surface area (Å²) in [5.41, 5.74) is 2.34. The topological polar surface area (TPSA) is 64.6 Å². The van der Waals surface area contributed by atoms with Crippen LogP contribution in [0.3, 0.4) is 0 Å². The van der Waals surface area contributed by atoms with Gasteiger partial charge in [-0.2, -0.15) is 4.98 Å². The maximum atomic E-state index is 12.6. The first-order valence-corrected chi connectivity index (χ1v) is 12.3. The van der Waals surface area contributed by atoms with E-state index in [1.807, 2.05) is 25.9 Å². The molecule has 1 N–H and O–H groups in total. The minimum Gasteiger partial charge on any atom is -0.356 e. The monoisotopic (exact) mass is 450 g/mol. The van der Waals surface area contributed by atoms with E-state index in [9.17, 15) is 4.79 Å². The van der Waals surface area contributed by atoms with Gasteiger partial charge in [-0.25, -0.2) is 4.98 Å². The number of likely N-dealkylation sites (tertiary alicyclic amines) is 1. The Labute approximate surface area is 198 Å². The van der Waals surface area contributed by atoms with Gasteiger partial charge in [0.05, 0.1) is 0 Å². The van der Waals surface area contributed by atoms with E-state index in [1.165, 1.54) is 5.56 Å². The van der Waals surface area contributed by atoms with Gasteiger partial charge in [-0.15, -0.1) is 0 Å². The number of carbonyl (C=O) groups excluding carboxylic acids is 1. The second kappa shape index (κ2) is 11.0. The Morgan fingerprint density at radius 3 is 2.58 bits per heavy atom. The molecule has 2 aromatic rings. The molecule has 4 rings (SSSR count). The molecule has 33 heavy (non-hydrogen) atoms. The van der Waals surface area contributed by atoms with Crippen LogP contribution in [0.5, 0.6) is 0 Å². The molecule has 2 saturated heterocycles. The maximum absolute atomic E-state index is 12.6. The molecule has 0 bridgehead atoms. The number of hydrogen-bond acceptors (Lipinski definition) is 6. The molecule has 1 amide bonds. The van der Waals surface area contributed by atoms with Crippen LogP contribution in [0.15, 0.2) is 36.4 Å². The van der Waals surface area contributed by atoms with Crippen LogP contribution in [0.25, 0.3) is 0 Å². The predicted molar refractivity (Wildman–Crippen MR) is 134 cm³/mol. The highest BCUT2D eigenvalue weighted by Gasteiger charge is 2.25. The van der Waals surface area contributed by atoms with Gasteiger partial charge in [0, 0.05) is 71.0 Å². The summed E-state index contributed by atoms with van der Waals surface area (Å²) in [4.78, 5) is 28.5. The minimum absolute atomic E-state index is 0.214. The van der Waals surface area contributed by atoms with Crippen LogP contribution in [-0.4, -0.2) is 67.1 Å². The molecule has 0 spiro atoms. The molecule has 1 aromatic heterocycles. The first-order valence-electron chi connectivity index (χ1n) is 12.3. The summed E-state index contributed by atoms with van der Waals surface area (Å²) in [7, 11) is 3.95. The molecule has 3 heterocycles. The van der Waals surface area contributed by atoms with Gasteiger partial charge in [-0.05, 0) is 44.1 Å². The van der Waals surface area contributed by atoms with E-state index in [1.54, 1.807) is 0 Å². The molecule has 1 atom stereocenters. The second-order valence-electron chi connectivity index (χ2n) is 9.80. The van der Waals surface area contributed by atoms with Crippen molar-refractivity contribution in [3.8, 4) is 0 Å². The third kappa shape index (κ3) is 6.67. The normalized spacial score (nSPS) is 19.6. The molecule has 2 aliphatic rings. The molecular formula is C26H38N6O. The molecule has 7 heteroatoms. The largest absolute Gasteiger partial charge is 0.356 e. The number of hydrogen-bond donors (Lipinski definition) is 1. The number of aromatic nitrogens is 2. The summed E-state index contributed by atoms with van der Waals surface area (Å²) >= 11 is 0. The van der Waals surface area contributed by atoms with E-state index in [0.717, 1.165) is 75.9 Å². The summed E-state index contributed by atoms with van der Waals surface area (Å²) < 4.78 is 0. The minimum atomic E-state index is 0.214. The number of nitrogens with one attached hydrogen (secondary N) is 1. The van der Waals surface area contributed by atoms with E-state index in [4.69, 9.17) is 4.98 Å². The van der Waals surface area contributed by atoms with Crippen LogP contribution in [0.4, 0.5) is 11.8 Å². The van der Waals surface area contributed by atoms with Gasteiger partial charge in [0.25, 0.3) is 0 Å². The van der Waals surface area contributed by atoms with E-state index in [0.29, 0.717) is 12.3 Å². The molecule has 2 fully saturated rings. The van der Waals surface area contributed by atoms with Gasteiger partial charge in [-0.3, -0.25) is 9.69 Å². The molecule has 178 valence electrons. The quantitative estimate of drug-likeness (QED) is 0.666. The van der Waals surface area contributed by atoms with E-state index in [2.05, 4.69) is 56.5 Å². The molecular weight excluding hydrogens is 412 g/mol. The Hall–Kier alpha value is -2.67. The summed E-state index contributed by atoms with van der Waals surface area (Å²) in [6, 6.07) is 12.9. The van der Waals surface area contributed by atoms with Gasteiger partial charge >= 0.3 is 0 Å². The zero-order valence-electron chi connectivity index (χ0n) is 20.3. The van der Waals surface area contributed by atoms with Crippen molar-refractivity contribution in [3.63, 3.8) is 0 Å². The zero-order chi connectivity index (χ0) is 23.2. The van der Waals surface area contributed by atoms with Crippen LogP contribution in [0, 0.1) is 12.8 Å². The summed E-state index contributed by atoms with van der Waals surface area (Å²) in [6.07, 6.45) is 4.89. The first kappa shape index (κ1) is 23.5. The van der Waals surface area contributed by atoms with Crippen LogP contribution >= 0.6 is 0 Å². The van der Waals surface area contributed by atoms with Crippen molar-refractivity contribution in [3.05, 3.63) is 47.7 Å². The van der Waals surface area contributed by atoms with Crippen LogP contribution < -0.4 is 15.1 Å². The number of aryl methyl sites for hydroxylation is 1. The van der Waals surface area contributed by atoms with Crippen molar-refractivity contribution >= 4 is 17.7 Å². The predicted octanol–water partition coefficient (Wildman–Crippen LogP) is 3.24. The number of nitrogens with zero attached hydrogens (tertiary/aromatic N) is 5. The Balaban J connectivity index is 1.16. The lowest BCUT2D eigenvalue weighted by atomic mass is 9.92. The van der Waals surface area contributed by atoms with Crippen molar-refractivity contribution in [1.29, 1.82) is 0 Å². The highest BCUT2D eigenvalue weighted by atomic mass is 16.1. The van der Waals surface area contributed by atoms with Crippen molar-refractivity contribution in [2.24, 2.45) is 5.92 Å². The molecule has 0 saturated carbocycles. The molecule has 0 radical (unpaired) electrons. The molecule has 0 aliphatic carbocycles. The van der Waals surface area contributed by atoms with Gasteiger partial charge in [0.15, 0.2) is 0 Å². The third-order valence-corrected chi connectivity index (χ3v) is 6.83. The Morgan fingerprint density at radius 2 is 1.85 bits per heavy atom. The van der Waals surface area contributed by atoms with E-state index >= 15 is 0 Å². The number of carbonyl (C=O) groups is 1. The molecule has 7 nitrogen and oxygen atoms in total. The number of piperidine rings is 1. The van der Waals surface area contributed by atoms with Gasteiger partial charge in [0.2, 0.25) is 11.9 Å². The summed E-state index contributed by atoms with van der Waals surface area (Å²) in [5.74, 6) is 2.61. The van der Waals surface area contributed by atoms with Gasteiger partial charge in [0.1, 0.15) is 5.82 Å². The van der Waals surface area contributed by atoms with E-state index < -0.39 is 0 Å². The fraction of sp³-hybridized carbons (Fsp3) is 0.577. The van der Waals surface area contributed by atoms with E-state index in [-0.39, 0.29) is 11.9 Å². The SMILES string of the molecule is Cc1cc(N2CCC(CCC(=O)NC3CCN(Cc4ccccc4)C3)CC2)nc(N(C)C)n1. The average molecular weight is 451 g/mol. The van der Waals surface area contributed by atoms with Gasteiger partial charge in [-0.1, -0.05) is 30.3 Å². The van der Waals surface area contributed by atoms with Gasteiger partial charge < -0.3 is 15.1 Å². The Bertz CT molecular complexity index is 910. The number of benzene rings is 1. The lowest BCUT2D eigenvalue weighted by Gasteiger charge is -2.33. The number of rotatable bonds is 8. The molecule has 1 unspecified atom stereocenters. The van der Waals surface area contributed by atoms with Crippen molar-refractivity contribution in [1.82, 2.24) is 20.2 Å². The fourth-order valence-electron chi connectivity index (χ4n) is 4.92. The van der Waals surface area contributed by atoms with Crippen molar-refractivity contribution in [2.75, 3.05) is 50.1 Å². The standard InChI is InChI=1S/C26H38N6O/c1-20-17-24(29-26(27-20)30(2)3)32-15-11-21(12-16-32)9-10-25(33)28-23-13-14-31(19-23)18-22-7-5-4-6-8-22/h4-8,17,21,23H,9-16,18-19H2,1-3H3,(H,28,33). The van der Waals surface area contributed by atoms with Crippen LogP contribution in [-0.2, 0) is 11.3 Å². The van der Waals surface area contributed by atoms with Crippen molar-refractivity contribution in [2.45, 2.75) is 51.6 Å². The lowest BCUT2D eigenvalue weighted by Crippen LogP contribution is -2.38. The highest BCUT2D eigenvalue weighted by Crippen LogP contribution is 2.26. The lowest BCUT2D eigenvalue weighted by molar-refractivity contribution is -0.122. The Morgan fingerprint density at radius 1 is 1.09 bits per heavy atom. The third-order valence-electron chi connectivity index (χ3n) is 6.83. The maximum Gasteiger partial charge on any atom is 0.226 e.